The van der Waals surface area contributed by atoms with Gasteiger partial charge < -0.3 is 0 Å². The maximum absolute atomic E-state index is 4.77. The number of fused-ring (bicyclic) bond motifs is 2. The molecule has 6 aromatic rings. The molecule has 0 unspecified atom stereocenters. The van der Waals surface area contributed by atoms with E-state index in [1.54, 1.807) is 0 Å². The number of rotatable bonds is 6. The molecule has 4 aromatic carbocycles. The molecule has 2 nitrogen and oxygen atoms in total. The quantitative estimate of drug-likeness (QED) is 0.195. The summed E-state index contributed by atoms with van der Waals surface area (Å²) in [6.07, 6.45) is 3.80. The molecule has 198 valence electrons. The fourth-order valence-corrected chi connectivity index (χ4v) is 12.0. The van der Waals surface area contributed by atoms with Gasteiger partial charge in [-0.05, 0) is 68.1 Å². The van der Waals surface area contributed by atoms with E-state index >= 15 is 0 Å². The Morgan fingerprint density at radius 3 is 1.32 bits per heavy atom. The van der Waals surface area contributed by atoms with Crippen LogP contribution in [-0.2, 0) is 0 Å². The Labute approximate surface area is 242 Å². The van der Waals surface area contributed by atoms with Crippen molar-refractivity contribution >= 4 is 51.4 Å². The summed E-state index contributed by atoms with van der Waals surface area (Å²) in [5.74, 6) is 0. The van der Waals surface area contributed by atoms with E-state index in [0.29, 0.717) is 0 Å². The van der Waals surface area contributed by atoms with Gasteiger partial charge >= 0.3 is 0 Å². The van der Waals surface area contributed by atoms with E-state index in [1.807, 2.05) is 24.5 Å². The smallest absolute Gasteiger partial charge is 0.120 e. The lowest BCUT2D eigenvalue weighted by Crippen LogP contribution is -2.35. The highest BCUT2D eigenvalue weighted by atomic mass is 28.3. The van der Waals surface area contributed by atoms with Gasteiger partial charge in [-0.3, -0.25) is 9.97 Å². The van der Waals surface area contributed by atoms with Crippen LogP contribution < -0.4 is 0 Å². The molecule has 0 spiro atoms. The summed E-state index contributed by atoms with van der Waals surface area (Å²) in [4.78, 5) is 9.54. The molecule has 0 bridgehead atoms. The molecule has 0 fully saturated rings. The van der Waals surface area contributed by atoms with Crippen molar-refractivity contribution in [2.24, 2.45) is 0 Å². The van der Waals surface area contributed by atoms with Gasteiger partial charge in [0.1, 0.15) is 8.07 Å². The van der Waals surface area contributed by atoms with E-state index in [9.17, 15) is 0 Å². The van der Waals surface area contributed by atoms with Crippen molar-refractivity contribution in [3.63, 3.8) is 0 Å². The third-order valence-corrected chi connectivity index (χ3v) is 14.2. The van der Waals surface area contributed by atoms with Gasteiger partial charge in [0.25, 0.3) is 0 Å². The Kier molecular flexibility index (Phi) is 6.45. The van der Waals surface area contributed by atoms with Gasteiger partial charge in [-0.15, -0.1) is 0 Å². The van der Waals surface area contributed by atoms with Crippen molar-refractivity contribution in [2.45, 2.75) is 25.9 Å². The van der Waals surface area contributed by atoms with E-state index in [1.165, 1.54) is 54.6 Å². The van der Waals surface area contributed by atoms with Crippen molar-refractivity contribution in [3.05, 3.63) is 156 Å². The minimum absolute atomic E-state index is 1.05. The van der Waals surface area contributed by atoms with Crippen LogP contribution in [0.1, 0.15) is 36.1 Å². The Hall–Kier alpha value is -4.60. The standard InChI is InChI=1S/C38H32N2Si/c1-3-41(4-2)37(31-21-19-27-17-11-23-39-33(27)25-31)35(29-13-7-5-8-14-29)36(30-15-9-6-10-16-30)38(41)32-22-20-28-18-12-24-40-34(28)26-32/h5-26H,3-4H2,1-2H3. The van der Waals surface area contributed by atoms with Gasteiger partial charge in [0.05, 0.1) is 11.0 Å². The van der Waals surface area contributed by atoms with Crippen LogP contribution in [0.5, 0.6) is 0 Å². The van der Waals surface area contributed by atoms with Crippen LogP contribution in [0.2, 0.25) is 12.1 Å². The molecule has 0 N–H and O–H groups in total. The number of hydrogen-bond acceptors (Lipinski definition) is 2. The van der Waals surface area contributed by atoms with Crippen LogP contribution >= 0.6 is 0 Å². The van der Waals surface area contributed by atoms with Gasteiger partial charge in [0.15, 0.2) is 0 Å². The Balaban J connectivity index is 1.63. The summed E-state index contributed by atoms with van der Waals surface area (Å²) < 4.78 is 0. The first-order valence-electron chi connectivity index (χ1n) is 14.5. The maximum atomic E-state index is 4.77. The molecule has 2 aromatic heterocycles. The summed E-state index contributed by atoms with van der Waals surface area (Å²) in [5, 5.41) is 5.40. The van der Waals surface area contributed by atoms with E-state index in [0.717, 1.165) is 23.1 Å². The van der Waals surface area contributed by atoms with Crippen LogP contribution in [0.25, 0.3) is 43.3 Å². The summed E-state index contributed by atoms with van der Waals surface area (Å²) in [6.45, 7) is 4.82. The van der Waals surface area contributed by atoms with E-state index in [4.69, 9.17) is 9.97 Å². The van der Waals surface area contributed by atoms with Crippen molar-refractivity contribution in [1.82, 2.24) is 9.97 Å². The SMILES string of the molecule is CC[Si]1(CC)C(c2ccc3cccnc3c2)=C(c2ccccc2)C(c2ccccc2)=C1c1ccc2cccnc2c1. The van der Waals surface area contributed by atoms with Gasteiger partial charge in [-0.1, -0.05) is 123 Å². The predicted molar refractivity (Wildman–Crippen MR) is 177 cm³/mol. The molecule has 0 amide bonds. The van der Waals surface area contributed by atoms with Crippen LogP contribution in [0.3, 0.4) is 0 Å². The van der Waals surface area contributed by atoms with Crippen molar-refractivity contribution in [1.29, 1.82) is 0 Å². The number of nitrogens with zero attached hydrogens (tertiary/aromatic N) is 2. The average molecular weight is 545 g/mol. The second-order valence-electron chi connectivity index (χ2n) is 10.8. The van der Waals surface area contributed by atoms with Crippen LogP contribution in [0.15, 0.2) is 134 Å². The summed E-state index contributed by atoms with van der Waals surface area (Å²) in [5.41, 5.74) is 9.98. The number of aromatic nitrogens is 2. The first kappa shape index (κ1) is 25.4. The monoisotopic (exact) mass is 544 g/mol. The molecule has 1 aliphatic heterocycles. The molecule has 0 atom stereocenters. The third kappa shape index (κ3) is 4.16. The van der Waals surface area contributed by atoms with E-state index in [-0.39, 0.29) is 0 Å². The molecule has 0 saturated heterocycles. The first-order chi connectivity index (χ1) is 20.2. The fourth-order valence-electron chi connectivity index (χ4n) is 6.88. The highest BCUT2D eigenvalue weighted by Gasteiger charge is 2.48. The topological polar surface area (TPSA) is 25.8 Å². The normalized spacial score (nSPS) is 14.8. The lowest BCUT2D eigenvalue weighted by molar-refractivity contribution is 1.30. The van der Waals surface area contributed by atoms with Crippen molar-refractivity contribution in [3.8, 4) is 0 Å². The number of benzene rings is 4. The third-order valence-electron chi connectivity index (χ3n) is 8.83. The highest BCUT2D eigenvalue weighted by molar-refractivity contribution is 7.14. The van der Waals surface area contributed by atoms with Crippen molar-refractivity contribution in [2.75, 3.05) is 0 Å². The number of hydrogen-bond donors (Lipinski definition) is 0. The Bertz CT molecular complexity index is 1810. The molecular formula is C38H32N2Si. The molecule has 3 heterocycles. The minimum atomic E-state index is -2.28. The zero-order valence-electron chi connectivity index (χ0n) is 23.5. The molecular weight excluding hydrogens is 513 g/mol. The molecule has 41 heavy (non-hydrogen) atoms. The van der Waals surface area contributed by atoms with Crippen LogP contribution in [-0.4, -0.2) is 18.0 Å². The zero-order chi connectivity index (χ0) is 27.8. The molecule has 0 radical (unpaired) electrons. The molecule has 1 aliphatic rings. The lowest BCUT2D eigenvalue weighted by Gasteiger charge is -2.33. The van der Waals surface area contributed by atoms with Gasteiger partial charge in [-0.25, -0.2) is 0 Å². The summed E-state index contributed by atoms with van der Waals surface area (Å²) >= 11 is 0. The minimum Gasteiger partial charge on any atom is -0.256 e. The fraction of sp³-hybridized carbons (Fsp3) is 0.105. The highest BCUT2D eigenvalue weighted by Crippen LogP contribution is 2.58. The van der Waals surface area contributed by atoms with Crippen LogP contribution in [0, 0.1) is 0 Å². The molecule has 3 heteroatoms. The predicted octanol–water partition coefficient (Wildman–Crippen LogP) is 9.89. The second kappa shape index (κ2) is 10.4. The van der Waals surface area contributed by atoms with Crippen LogP contribution in [0.4, 0.5) is 0 Å². The van der Waals surface area contributed by atoms with Gasteiger partial charge in [0.2, 0.25) is 0 Å². The lowest BCUT2D eigenvalue weighted by atomic mass is 9.89. The molecule has 7 rings (SSSR count). The average Bonchev–Trinajstić information content (AvgIpc) is 3.36. The molecule has 0 aliphatic carbocycles. The second-order valence-corrected chi connectivity index (χ2v) is 15.4. The number of allylic oxidation sites excluding steroid dienone is 2. The summed E-state index contributed by atoms with van der Waals surface area (Å²) in [7, 11) is -2.28. The Morgan fingerprint density at radius 2 is 0.902 bits per heavy atom. The van der Waals surface area contributed by atoms with Gasteiger partial charge in [0, 0.05) is 23.2 Å². The van der Waals surface area contributed by atoms with E-state index < -0.39 is 8.07 Å². The largest absolute Gasteiger partial charge is 0.256 e. The Morgan fingerprint density at radius 1 is 0.463 bits per heavy atom. The maximum Gasteiger partial charge on any atom is 0.120 e. The van der Waals surface area contributed by atoms with Gasteiger partial charge in [-0.2, -0.15) is 0 Å². The molecule has 0 saturated carbocycles. The first-order valence-corrected chi connectivity index (χ1v) is 17.0. The number of pyridine rings is 2. The zero-order valence-corrected chi connectivity index (χ0v) is 24.5. The summed E-state index contributed by atoms with van der Waals surface area (Å²) in [6, 6.07) is 46.4. The van der Waals surface area contributed by atoms with Crippen molar-refractivity contribution < 1.29 is 0 Å². The van der Waals surface area contributed by atoms with E-state index in [2.05, 4.69) is 123 Å².